The van der Waals surface area contributed by atoms with Gasteiger partial charge in [0, 0.05) is 43.1 Å². The standard InChI is InChI=1S/C22H22N8O2/c1-13-8-24-19-18(13)20(27-12-26-19)29-5-6-30(14(2)9-29)22(25-11-23)28-16-4-3-15-10-32-21(31)17(15)7-16/h3-4,7-8,12,14H,5-6,9-10H2,1-2H3,(H,25,28)(H,24,26,27)/t14-/m0/s1. The first-order chi connectivity index (χ1) is 15.5. The summed E-state index contributed by atoms with van der Waals surface area (Å²) in [4.78, 5) is 32.3. The Balaban J connectivity index is 1.36. The van der Waals surface area contributed by atoms with E-state index in [-0.39, 0.29) is 12.0 Å². The highest BCUT2D eigenvalue weighted by molar-refractivity contribution is 5.98. The van der Waals surface area contributed by atoms with Crippen molar-refractivity contribution in [1.29, 1.82) is 5.26 Å². The van der Waals surface area contributed by atoms with Crippen molar-refractivity contribution in [3.8, 4) is 6.19 Å². The van der Waals surface area contributed by atoms with Gasteiger partial charge in [0.15, 0.2) is 0 Å². The van der Waals surface area contributed by atoms with Crippen molar-refractivity contribution in [2.24, 2.45) is 4.99 Å². The molecule has 10 heteroatoms. The first-order valence-corrected chi connectivity index (χ1v) is 10.4. The van der Waals surface area contributed by atoms with E-state index in [9.17, 15) is 10.1 Å². The van der Waals surface area contributed by atoms with Crippen LogP contribution < -0.4 is 10.2 Å². The molecule has 162 valence electrons. The quantitative estimate of drug-likeness (QED) is 0.275. The third-order valence-corrected chi connectivity index (χ3v) is 5.95. The van der Waals surface area contributed by atoms with Crippen LogP contribution in [0.4, 0.5) is 11.5 Å². The largest absolute Gasteiger partial charge is 0.457 e. The number of H-pyrrole nitrogens is 1. The van der Waals surface area contributed by atoms with Gasteiger partial charge in [-0.3, -0.25) is 0 Å². The minimum absolute atomic E-state index is 0.0620. The van der Waals surface area contributed by atoms with Gasteiger partial charge in [-0.1, -0.05) is 6.07 Å². The zero-order valence-electron chi connectivity index (χ0n) is 17.8. The van der Waals surface area contributed by atoms with E-state index in [0.29, 0.717) is 43.5 Å². The number of aromatic amines is 1. The number of piperazine rings is 1. The third-order valence-electron chi connectivity index (χ3n) is 5.95. The Morgan fingerprint density at radius 1 is 1.38 bits per heavy atom. The summed E-state index contributed by atoms with van der Waals surface area (Å²) in [6.45, 7) is 6.49. The van der Waals surface area contributed by atoms with E-state index in [2.05, 4.69) is 42.0 Å². The number of aliphatic imine (C=N–C) groups is 1. The van der Waals surface area contributed by atoms with Crippen LogP contribution in [-0.4, -0.2) is 57.5 Å². The number of aromatic nitrogens is 3. The minimum atomic E-state index is -0.333. The summed E-state index contributed by atoms with van der Waals surface area (Å²) in [7, 11) is 0. The van der Waals surface area contributed by atoms with Crippen molar-refractivity contribution >= 4 is 34.5 Å². The van der Waals surface area contributed by atoms with Crippen LogP contribution >= 0.6 is 0 Å². The number of fused-ring (bicyclic) bond motifs is 2. The summed E-state index contributed by atoms with van der Waals surface area (Å²) in [5.74, 6) is 1.03. The fourth-order valence-electron chi connectivity index (χ4n) is 4.33. The van der Waals surface area contributed by atoms with Crippen LogP contribution in [0.5, 0.6) is 0 Å². The second kappa shape index (κ2) is 7.85. The maximum absolute atomic E-state index is 11.9. The minimum Gasteiger partial charge on any atom is -0.457 e. The molecule has 2 aliphatic rings. The maximum atomic E-state index is 11.9. The highest BCUT2D eigenvalue weighted by Gasteiger charge is 2.29. The number of hydrogen-bond acceptors (Lipinski definition) is 7. The number of anilines is 2. The fraction of sp³-hybridized carbons (Fsp3) is 0.318. The Labute approximate surface area is 184 Å². The van der Waals surface area contributed by atoms with Crippen LogP contribution in [0.3, 0.4) is 0 Å². The lowest BCUT2D eigenvalue weighted by atomic mass is 10.1. The molecule has 0 saturated carbocycles. The lowest BCUT2D eigenvalue weighted by Crippen LogP contribution is -2.56. The molecule has 0 aliphatic carbocycles. The van der Waals surface area contributed by atoms with Gasteiger partial charge in [0.05, 0.1) is 10.9 Å². The molecular weight excluding hydrogens is 408 g/mol. The van der Waals surface area contributed by atoms with Crippen LogP contribution in [0.25, 0.3) is 11.0 Å². The van der Waals surface area contributed by atoms with Crippen molar-refractivity contribution in [3.63, 3.8) is 0 Å². The van der Waals surface area contributed by atoms with E-state index in [1.165, 1.54) is 0 Å². The number of guanidine groups is 1. The zero-order valence-corrected chi connectivity index (χ0v) is 17.8. The zero-order chi connectivity index (χ0) is 22.2. The number of rotatable bonds is 2. The predicted molar refractivity (Wildman–Crippen MR) is 119 cm³/mol. The van der Waals surface area contributed by atoms with E-state index in [4.69, 9.17) is 4.74 Å². The average Bonchev–Trinajstić information content (AvgIpc) is 3.36. The molecule has 1 aromatic carbocycles. The Bertz CT molecular complexity index is 1270. The number of nitrogens with one attached hydrogen (secondary N) is 2. The molecule has 5 rings (SSSR count). The number of hydrogen-bond donors (Lipinski definition) is 2. The third kappa shape index (κ3) is 3.37. The number of cyclic esters (lactones) is 1. The van der Waals surface area contributed by atoms with Crippen molar-refractivity contribution in [2.75, 3.05) is 29.9 Å². The molecule has 32 heavy (non-hydrogen) atoms. The summed E-state index contributed by atoms with van der Waals surface area (Å²) in [5, 5.41) is 13.5. The Morgan fingerprint density at radius 2 is 2.25 bits per heavy atom. The highest BCUT2D eigenvalue weighted by Crippen LogP contribution is 2.28. The molecule has 4 heterocycles. The van der Waals surface area contributed by atoms with E-state index in [1.807, 2.05) is 31.4 Å². The second-order valence-corrected chi connectivity index (χ2v) is 7.99. The molecule has 2 N–H and O–H groups in total. The molecule has 10 nitrogen and oxygen atoms in total. The van der Waals surface area contributed by atoms with E-state index < -0.39 is 0 Å². The first kappa shape index (κ1) is 19.8. The molecule has 0 spiro atoms. The van der Waals surface area contributed by atoms with Crippen molar-refractivity contribution in [3.05, 3.63) is 47.4 Å². The molecule has 1 atom stereocenters. The molecule has 1 fully saturated rings. The number of nitriles is 1. The molecular formula is C22H22N8O2. The molecule has 0 amide bonds. The monoisotopic (exact) mass is 430 g/mol. The number of nitrogens with zero attached hydrogens (tertiary/aromatic N) is 6. The van der Waals surface area contributed by atoms with Crippen LogP contribution in [0.15, 0.2) is 35.7 Å². The average molecular weight is 430 g/mol. The van der Waals surface area contributed by atoms with Gasteiger partial charge < -0.3 is 24.8 Å². The van der Waals surface area contributed by atoms with Gasteiger partial charge in [-0.05, 0) is 31.5 Å². The van der Waals surface area contributed by atoms with Gasteiger partial charge in [-0.15, -0.1) is 4.99 Å². The normalized spacial score (nSPS) is 18.5. The molecule has 0 bridgehead atoms. The summed E-state index contributed by atoms with van der Waals surface area (Å²) in [5.41, 5.74) is 4.02. The van der Waals surface area contributed by atoms with Gasteiger partial charge in [0.2, 0.25) is 12.2 Å². The number of ether oxygens (including phenoxy) is 1. The molecule has 0 radical (unpaired) electrons. The van der Waals surface area contributed by atoms with Gasteiger partial charge >= 0.3 is 5.97 Å². The van der Waals surface area contributed by atoms with E-state index in [0.717, 1.165) is 28.0 Å². The maximum Gasteiger partial charge on any atom is 0.338 e. The number of carbonyl (C=O) groups is 1. The van der Waals surface area contributed by atoms with Crippen LogP contribution in [0.2, 0.25) is 0 Å². The van der Waals surface area contributed by atoms with Crippen molar-refractivity contribution in [1.82, 2.24) is 19.9 Å². The number of esters is 1. The Kier molecular flexibility index (Phi) is 4.86. The van der Waals surface area contributed by atoms with Crippen molar-refractivity contribution < 1.29 is 9.53 Å². The number of benzene rings is 1. The van der Waals surface area contributed by atoms with Crippen LogP contribution in [-0.2, 0) is 11.3 Å². The predicted octanol–water partition coefficient (Wildman–Crippen LogP) is 2.40. The van der Waals surface area contributed by atoms with Crippen molar-refractivity contribution in [2.45, 2.75) is 26.5 Å². The summed E-state index contributed by atoms with van der Waals surface area (Å²) in [6, 6.07) is 5.52. The summed E-state index contributed by atoms with van der Waals surface area (Å²) < 4.78 is 5.07. The topological polar surface area (TPSA) is 123 Å². The van der Waals surface area contributed by atoms with Gasteiger partial charge in [-0.25, -0.2) is 14.8 Å². The number of aryl methyl sites for hydroxylation is 1. The Morgan fingerprint density at radius 3 is 3.06 bits per heavy atom. The molecule has 1 saturated heterocycles. The van der Waals surface area contributed by atoms with E-state index >= 15 is 0 Å². The fourth-order valence-corrected chi connectivity index (χ4v) is 4.33. The van der Waals surface area contributed by atoms with Gasteiger partial charge in [0.25, 0.3) is 0 Å². The molecule has 2 aromatic heterocycles. The van der Waals surface area contributed by atoms with Gasteiger partial charge in [-0.2, -0.15) is 5.26 Å². The summed E-state index contributed by atoms with van der Waals surface area (Å²) in [6.07, 6.45) is 5.41. The molecule has 3 aromatic rings. The summed E-state index contributed by atoms with van der Waals surface area (Å²) >= 11 is 0. The van der Waals surface area contributed by atoms with Crippen LogP contribution in [0, 0.1) is 18.4 Å². The Hall–Kier alpha value is -4.13. The second-order valence-electron chi connectivity index (χ2n) is 7.99. The lowest BCUT2D eigenvalue weighted by molar-refractivity contribution is 0.0535. The molecule has 0 unspecified atom stereocenters. The van der Waals surface area contributed by atoms with E-state index in [1.54, 1.807) is 12.4 Å². The highest BCUT2D eigenvalue weighted by atomic mass is 16.5. The smallest absolute Gasteiger partial charge is 0.338 e. The lowest BCUT2D eigenvalue weighted by Gasteiger charge is -2.41. The first-order valence-electron chi connectivity index (χ1n) is 10.4. The van der Waals surface area contributed by atoms with Gasteiger partial charge in [0.1, 0.15) is 24.4 Å². The molecule has 2 aliphatic heterocycles. The SMILES string of the molecule is Cc1c[nH]c2ncnc(N3CCN(C(=NC#N)Nc4ccc5c(c4)C(=O)OC5)[C@@H](C)C3)c12. The number of carbonyl (C=O) groups excluding carboxylic acids is 1. The van der Waals surface area contributed by atoms with Crippen LogP contribution in [0.1, 0.15) is 28.4 Å².